The fraction of sp³-hybridized carbons (Fsp3) is 0.200. The lowest BCUT2D eigenvalue weighted by molar-refractivity contribution is 0.306. The van der Waals surface area contributed by atoms with Gasteiger partial charge in [0.15, 0.2) is 0 Å². The third-order valence-electron chi connectivity index (χ3n) is 5.75. The fourth-order valence-electron chi connectivity index (χ4n) is 3.78. The van der Waals surface area contributed by atoms with Gasteiger partial charge in [-0.3, -0.25) is 0 Å². The molecule has 8 heteroatoms. The Labute approximate surface area is 229 Å². The van der Waals surface area contributed by atoms with Crippen molar-refractivity contribution in [3.05, 3.63) is 119 Å². The van der Waals surface area contributed by atoms with Gasteiger partial charge in [0.05, 0.1) is 11.8 Å². The van der Waals surface area contributed by atoms with Gasteiger partial charge < -0.3 is 20.1 Å². The van der Waals surface area contributed by atoms with Crippen molar-refractivity contribution in [1.29, 1.82) is 0 Å². The van der Waals surface area contributed by atoms with Gasteiger partial charge in [0.2, 0.25) is 0 Å². The number of anilines is 1. The Morgan fingerprint density at radius 2 is 1.50 bits per heavy atom. The molecule has 0 amide bonds. The Hall–Kier alpha value is -3.52. The molecule has 0 saturated heterocycles. The lowest BCUT2D eigenvalue weighted by Crippen LogP contribution is -2.30. The van der Waals surface area contributed by atoms with E-state index in [9.17, 15) is 8.42 Å². The van der Waals surface area contributed by atoms with Crippen LogP contribution in [0.15, 0.2) is 103 Å². The molecule has 1 atom stereocenters. The Balaban J connectivity index is 1.45. The third kappa shape index (κ3) is 9.10. The molecule has 0 aromatic heterocycles. The molecule has 0 aliphatic carbocycles. The molecule has 6 nitrogen and oxygen atoms in total. The first-order chi connectivity index (χ1) is 18.3. The lowest BCUT2D eigenvalue weighted by Gasteiger charge is -2.22. The summed E-state index contributed by atoms with van der Waals surface area (Å²) in [6.07, 6.45) is 1.24. The van der Waals surface area contributed by atoms with Crippen LogP contribution in [0.5, 0.6) is 17.2 Å². The number of halogens is 1. The van der Waals surface area contributed by atoms with Gasteiger partial charge in [0.25, 0.3) is 0 Å². The highest BCUT2D eigenvalue weighted by molar-refractivity contribution is 7.90. The van der Waals surface area contributed by atoms with E-state index >= 15 is 0 Å². The van der Waals surface area contributed by atoms with Gasteiger partial charge >= 0.3 is 0 Å². The van der Waals surface area contributed by atoms with Crippen LogP contribution in [0.1, 0.15) is 17.2 Å². The molecule has 38 heavy (non-hydrogen) atoms. The molecule has 0 radical (unpaired) electrons. The molecule has 1 unspecified atom stereocenters. The van der Waals surface area contributed by atoms with E-state index in [1.165, 1.54) is 6.26 Å². The molecule has 4 rings (SSSR count). The number of benzene rings is 4. The van der Waals surface area contributed by atoms with E-state index in [2.05, 4.69) is 10.6 Å². The third-order valence-corrected chi connectivity index (χ3v) is 6.95. The van der Waals surface area contributed by atoms with Crippen LogP contribution in [0, 0.1) is 0 Å². The van der Waals surface area contributed by atoms with Crippen LogP contribution >= 0.6 is 11.6 Å². The molecule has 4 aromatic rings. The summed E-state index contributed by atoms with van der Waals surface area (Å²) in [5.41, 5.74) is 3.01. The SMILES string of the molecule is CS(=O)(=O)CCNCC(Nc1ccc(Oc2ccc(Cl)cc2)cc1)c1cccc(OCc2ccccc2)c1. The van der Waals surface area contributed by atoms with E-state index < -0.39 is 9.84 Å². The predicted molar refractivity (Wildman–Crippen MR) is 154 cm³/mol. The zero-order valence-electron chi connectivity index (χ0n) is 21.1. The molecule has 0 heterocycles. The number of ether oxygens (including phenoxy) is 2. The summed E-state index contributed by atoms with van der Waals surface area (Å²) in [7, 11) is -3.04. The van der Waals surface area contributed by atoms with Crippen molar-refractivity contribution in [3.8, 4) is 17.2 Å². The van der Waals surface area contributed by atoms with Crippen molar-refractivity contribution < 1.29 is 17.9 Å². The number of sulfone groups is 1. The quantitative estimate of drug-likeness (QED) is 0.185. The van der Waals surface area contributed by atoms with Crippen LogP contribution in [0.3, 0.4) is 0 Å². The van der Waals surface area contributed by atoms with E-state index in [4.69, 9.17) is 21.1 Å². The van der Waals surface area contributed by atoms with E-state index in [1.807, 2.05) is 91.0 Å². The van der Waals surface area contributed by atoms with Gasteiger partial charge in [-0.2, -0.15) is 0 Å². The fourth-order valence-corrected chi connectivity index (χ4v) is 4.42. The minimum Gasteiger partial charge on any atom is -0.489 e. The Bertz CT molecular complexity index is 1400. The topological polar surface area (TPSA) is 76.7 Å². The molecule has 2 N–H and O–H groups in total. The first-order valence-corrected chi connectivity index (χ1v) is 14.7. The lowest BCUT2D eigenvalue weighted by atomic mass is 10.1. The molecule has 0 fully saturated rings. The van der Waals surface area contributed by atoms with Crippen LogP contribution in [0.4, 0.5) is 5.69 Å². The van der Waals surface area contributed by atoms with Gasteiger partial charge in [-0.05, 0) is 71.8 Å². The van der Waals surface area contributed by atoms with Crippen LogP contribution in [-0.4, -0.2) is 33.5 Å². The normalized spacial score (nSPS) is 12.1. The Morgan fingerprint density at radius 1 is 0.816 bits per heavy atom. The molecule has 4 aromatic carbocycles. The first-order valence-electron chi connectivity index (χ1n) is 12.3. The highest BCUT2D eigenvalue weighted by Crippen LogP contribution is 2.27. The summed E-state index contributed by atoms with van der Waals surface area (Å²) in [6, 6.07) is 32.7. The molecular weight excluding hydrogens is 520 g/mol. The maximum atomic E-state index is 11.6. The minimum atomic E-state index is -3.04. The van der Waals surface area contributed by atoms with E-state index in [1.54, 1.807) is 12.1 Å². The monoisotopic (exact) mass is 550 g/mol. The molecule has 198 valence electrons. The van der Waals surface area contributed by atoms with E-state index in [0.717, 1.165) is 22.6 Å². The van der Waals surface area contributed by atoms with Crippen LogP contribution in [0.25, 0.3) is 0 Å². The minimum absolute atomic E-state index is 0.0800. The first kappa shape index (κ1) is 27.5. The molecule has 0 spiro atoms. The van der Waals surface area contributed by atoms with Crippen molar-refractivity contribution in [1.82, 2.24) is 5.32 Å². The number of hydrogen-bond acceptors (Lipinski definition) is 6. The van der Waals surface area contributed by atoms with Gasteiger partial charge in [-0.1, -0.05) is 54.1 Å². The van der Waals surface area contributed by atoms with Crippen LogP contribution < -0.4 is 20.1 Å². The van der Waals surface area contributed by atoms with Gasteiger partial charge in [-0.15, -0.1) is 0 Å². The van der Waals surface area contributed by atoms with Crippen LogP contribution in [0.2, 0.25) is 5.02 Å². The number of rotatable bonds is 13. The highest BCUT2D eigenvalue weighted by atomic mass is 35.5. The van der Waals surface area contributed by atoms with E-state index in [0.29, 0.717) is 36.2 Å². The molecular formula is C30H31ClN2O4S. The maximum Gasteiger partial charge on any atom is 0.148 e. The summed E-state index contributed by atoms with van der Waals surface area (Å²) < 4.78 is 35.0. The maximum absolute atomic E-state index is 11.6. The molecule has 0 bridgehead atoms. The second-order valence-electron chi connectivity index (χ2n) is 8.96. The predicted octanol–water partition coefficient (Wildman–Crippen LogP) is 6.50. The summed E-state index contributed by atoms with van der Waals surface area (Å²) in [5, 5.41) is 7.48. The molecule has 0 saturated carbocycles. The number of nitrogens with one attached hydrogen (secondary N) is 2. The smallest absolute Gasteiger partial charge is 0.148 e. The second-order valence-corrected chi connectivity index (χ2v) is 11.7. The summed E-state index contributed by atoms with van der Waals surface area (Å²) >= 11 is 5.95. The van der Waals surface area contributed by atoms with E-state index in [-0.39, 0.29) is 11.8 Å². The molecule has 0 aliphatic heterocycles. The van der Waals surface area contributed by atoms with Gasteiger partial charge in [0.1, 0.15) is 33.7 Å². The van der Waals surface area contributed by atoms with Crippen LogP contribution in [-0.2, 0) is 16.4 Å². The molecule has 0 aliphatic rings. The highest BCUT2D eigenvalue weighted by Gasteiger charge is 2.14. The van der Waals surface area contributed by atoms with Crippen molar-refractivity contribution in [2.24, 2.45) is 0 Å². The average Bonchev–Trinajstić information content (AvgIpc) is 2.92. The Morgan fingerprint density at radius 3 is 2.18 bits per heavy atom. The van der Waals surface area contributed by atoms with Crippen molar-refractivity contribution >= 4 is 27.1 Å². The zero-order valence-corrected chi connectivity index (χ0v) is 22.7. The number of hydrogen-bond donors (Lipinski definition) is 2. The second kappa shape index (κ2) is 13.3. The summed E-state index contributed by atoms with van der Waals surface area (Å²) in [6.45, 7) is 1.37. The van der Waals surface area contributed by atoms with Crippen molar-refractivity contribution in [2.75, 3.05) is 30.4 Å². The zero-order chi connectivity index (χ0) is 26.8. The average molecular weight is 551 g/mol. The standard InChI is InChI=1S/C30H31ClN2O4S/c1-38(34,35)19-18-32-21-30(24-8-5-9-29(20-24)36-22-23-6-3-2-4-7-23)33-26-12-16-28(17-13-26)37-27-14-10-25(31)11-15-27/h2-17,20,30,32-33H,18-19,21-22H2,1H3. The van der Waals surface area contributed by atoms with Gasteiger partial charge in [0, 0.05) is 30.1 Å². The summed E-state index contributed by atoms with van der Waals surface area (Å²) in [5.74, 6) is 2.25. The summed E-state index contributed by atoms with van der Waals surface area (Å²) in [4.78, 5) is 0. The van der Waals surface area contributed by atoms with Gasteiger partial charge in [-0.25, -0.2) is 8.42 Å². The van der Waals surface area contributed by atoms with Crippen molar-refractivity contribution in [2.45, 2.75) is 12.6 Å². The Kier molecular flexibility index (Phi) is 9.65. The largest absolute Gasteiger partial charge is 0.489 e. The van der Waals surface area contributed by atoms with Crippen molar-refractivity contribution in [3.63, 3.8) is 0 Å².